The van der Waals surface area contributed by atoms with E-state index in [0.717, 1.165) is 0 Å². The summed E-state index contributed by atoms with van der Waals surface area (Å²) in [6, 6.07) is 4.17. The summed E-state index contributed by atoms with van der Waals surface area (Å²) < 4.78 is 25.4. The summed E-state index contributed by atoms with van der Waals surface area (Å²) in [5.41, 5.74) is 1.41. The normalized spacial score (nSPS) is 10.6. The molecule has 0 saturated heterocycles. The van der Waals surface area contributed by atoms with Crippen molar-refractivity contribution < 1.29 is 23.5 Å². The number of imidazole rings is 1. The van der Waals surface area contributed by atoms with E-state index < -0.39 is 11.9 Å². The van der Waals surface area contributed by atoms with Crippen LogP contribution in [0.2, 0.25) is 0 Å². The van der Waals surface area contributed by atoms with Crippen LogP contribution in [0.25, 0.3) is 17.0 Å². The first-order valence-electron chi connectivity index (χ1n) is 9.58. The van der Waals surface area contributed by atoms with Gasteiger partial charge in [0.1, 0.15) is 5.82 Å². The van der Waals surface area contributed by atoms with Crippen LogP contribution in [0.4, 0.5) is 20.6 Å². The van der Waals surface area contributed by atoms with Crippen LogP contribution in [0.5, 0.6) is 0 Å². The molecule has 0 aliphatic rings. The number of methoxy groups -OCH3 is 1. The van der Waals surface area contributed by atoms with Crippen molar-refractivity contribution in [3.05, 3.63) is 42.6 Å². The average molecular weight is 431 g/mol. The van der Waals surface area contributed by atoms with E-state index in [2.05, 4.69) is 20.6 Å². The summed E-state index contributed by atoms with van der Waals surface area (Å²) in [5.74, 6) is -0.153. The number of halogens is 1. The van der Waals surface area contributed by atoms with Gasteiger partial charge in [0.2, 0.25) is 12.2 Å². The fourth-order valence-electron chi connectivity index (χ4n) is 2.32. The number of hydrogen-bond acceptors (Lipinski definition) is 6. The average Bonchev–Trinajstić information content (AvgIpc) is 3.12. The van der Waals surface area contributed by atoms with Gasteiger partial charge >= 0.3 is 6.09 Å². The van der Waals surface area contributed by atoms with Crippen molar-refractivity contribution in [1.29, 1.82) is 0 Å². The number of nitrogens with one attached hydrogen (secondary N) is 2. The van der Waals surface area contributed by atoms with Crippen LogP contribution in [-0.4, -0.2) is 46.2 Å². The second-order valence-electron chi connectivity index (χ2n) is 7.00. The van der Waals surface area contributed by atoms with Crippen molar-refractivity contribution in [3.63, 3.8) is 0 Å². The molecule has 0 atom stereocenters. The monoisotopic (exact) mass is 431 g/mol. The lowest BCUT2D eigenvalue weighted by molar-refractivity contribution is -0.105. The van der Waals surface area contributed by atoms with Crippen LogP contribution in [0, 0.1) is 5.82 Å². The Labute approximate surface area is 179 Å². The van der Waals surface area contributed by atoms with E-state index in [-0.39, 0.29) is 11.7 Å². The predicted molar refractivity (Wildman–Crippen MR) is 115 cm³/mol. The van der Waals surface area contributed by atoms with Gasteiger partial charge < -0.3 is 14.8 Å². The minimum absolute atomic E-state index is 0.219. The Kier molecular flexibility index (Phi) is 8.44. The molecule has 2 heterocycles. The highest BCUT2D eigenvalue weighted by molar-refractivity contribution is 5.84. The third-order valence-corrected chi connectivity index (χ3v) is 3.84. The van der Waals surface area contributed by atoms with Crippen LogP contribution in [0.3, 0.4) is 0 Å². The Morgan fingerprint density at radius 3 is 2.48 bits per heavy atom. The summed E-state index contributed by atoms with van der Waals surface area (Å²) in [6.45, 7) is 7.48. The molecule has 2 aromatic heterocycles. The van der Waals surface area contributed by atoms with Gasteiger partial charge in [-0.25, -0.2) is 19.2 Å². The zero-order valence-corrected chi connectivity index (χ0v) is 18.0. The van der Waals surface area contributed by atoms with Gasteiger partial charge in [0.25, 0.3) is 0 Å². The predicted octanol–water partition coefficient (Wildman–Crippen LogP) is 4.10. The lowest BCUT2D eigenvalue weighted by Gasteiger charge is -2.09. The van der Waals surface area contributed by atoms with Gasteiger partial charge in [0.05, 0.1) is 29.8 Å². The van der Waals surface area contributed by atoms with Gasteiger partial charge in [-0.05, 0) is 45.9 Å². The molecule has 0 bridgehead atoms. The van der Waals surface area contributed by atoms with Crippen LogP contribution in [0.15, 0.2) is 36.8 Å². The van der Waals surface area contributed by atoms with E-state index in [1.54, 1.807) is 37.8 Å². The number of benzene rings is 1. The third-order valence-electron chi connectivity index (χ3n) is 3.84. The highest BCUT2D eigenvalue weighted by atomic mass is 19.1. The van der Waals surface area contributed by atoms with Gasteiger partial charge in [0, 0.05) is 30.8 Å². The molecule has 166 valence electrons. The summed E-state index contributed by atoms with van der Waals surface area (Å²) in [7, 11) is 1.70. The van der Waals surface area contributed by atoms with E-state index >= 15 is 0 Å². The third kappa shape index (κ3) is 7.03. The number of carbonyl (C=O) groups is 2. The number of nitrogens with zero attached hydrogens (tertiary/aromatic N) is 3. The maximum atomic E-state index is 14.1. The number of carbonyl (C=O) groups excluding carboxylic acids is 2. The fourth-order valence-corrected chi connectivity index (χ4v) is 2.32. The molecule has 0 radical (unpaired) electrons. The molecular formula is C21H26FN5O4. The zero-order valence-electron chi connectivity index (χ0n) is 18.0. The van der Waals surface area contributed by atoms with Gasteiger partial charge in [-0.3, -0.25) is 14.5 Å². The van der Waals surface area contributed by atoms with E-state index in [1.807, 2.05) is 13.8 Å². The summed E-state index contributed by atoms with van der Waals surface area (Å²) >= 11 is 0. The lowest BCUT2D eigenvalue weighted by Crippen LogP contribution is -2.18. The molecule has 0 unspecified atom stereocenters. The number of aromatic nitrogens is 3. The Morgan fingerprint density at radius 1 is 1.16 bits per heavy atom. The second kappa shape index (κ2) is 11.0. The van der Waals surface area contributed by atoms with Gasteiger partial charge in [-0.15, -0.1) is 0 Å². The van der Waals surface area contributed by atoms with Crippen molar-refractivity contribution >= 4 is 29.7 Å². The Bertz CT molecular complexity index is 1040. The molecule has 2 amide bonds. The first-order chi connectivity index (χ1) is 14.7. The molecule has 0 aliphatic carbocycles. The van der Waals surface area contributed by atoms with Crippen molar-refractivity contribution in [2.24, 2.45) is 0 Å². The first kappa shape index (κ1) is 23.7. The highest BCUT2D eigenvalue weighted by Crippen LogP contribution is 2.25. The van der Waals surface area contributed by atoms with Crippen molar-refractivity contribution in [1.82, 2.24) is 14.4 Å². The van der Waals surface area contributed by atoms with E-state index in [0.29, 0.717) is 35.4 Å². The van der Waals surface area contributed by atoms with E-state index in [4.69, 9.17) is 9.47 Å². The van der Waals surface area contributed by atoms with E-state index in [9.17, 15) is 14.0 Å². The second-order valence-corrected chi connectivity index (χ2v) is 7.00. The molecule has 0 saturated carbocycles. The molecule has 0 aliphatic heterocycles. The molecule has 2 N–H and O–H groups in total. The van der Waals surface area contributed by atoms with Gasteiger partial charge in [-0.1, -0.05) is 0 Å². The summed E-state index contributed by atoms with van der Waals surface area (Å²) in [5, 5.41) is 5.02. The van der Waals surface area contributed by atoms with Crippen molar-refractivity contribution in [3.8, 4) is 11.3 Å². The number of ether oxygens (including phenoxy) is 2. The number of anilines is 2. The van der Waals surface area contributed by atoms with Crippen molar-refractivity contribution in [2.45, 2.75) is 39.9 Å². The van der Waals surface area contributed by atoms with Gasteiger partial charge in [0.15, 0.2) is 0 Å². The molecule has 0 spiro atoms. The standard InChI is InChI=1S/C17H16FN5O3.C4H10O/c1-10(2)26-17(25)21-12-6-19-16-22-15(8-23(16)7-12)13-5-11(20-9-24)3-4-14(13)18;1-4(2)5-3/h3-10H,1-2H3,(H,20,24)(H,21,25);4H,1-3H3. The maximum absolute atomic E-state index is 14.1. The number of fused-ring (bicyclic) bond motifs is 1. The lowest BCUT2D eigenvalue weighted by atomic mass is 10.1. The SMILES string of the molecule is CC(C)OC(=O)Nc1cnc2nc(-c3cc(NC=O)ccc3F)cn2c1.COC(C)C. The quantitative estimate of drug-likeness (QED) is 0.569. The Morgan fingerprint density at radius 2 is 1.87 bits per heavy atom. The fraction of sp³-hybridized carbons (Fsp3) is 0.333. The zero-order chi connectivity index (χ0) is 23.0. The highest BCUT2D eigenvalue weighted by Gasteiger charge is 2.12. The van der Waals surface area contributed by atoms with Crippen molar-refractivity contribution in [2.75, 3.05) is 17.7 Å². The smallest absolute Gasteiger partial charge is 0.411 e. The Hall–Kier alpha value is -3.53. The summed E-state index contributed by atoms with van der Waals surface area (Å²) in [6.07, 6.45) is 4.64. The molecule has 10 heteroatoms. The summed E-state index contributed by atoms with van der Waals surface area (Å²) in [4.78, 5) is 30.6. The molecule has 1 aromatic carbocycles. The molecule has 0 fully saturated rings. The number of hydrogen-bond donors (Lipinski definition) is 2. The minimum Gasteiger partial charge on any atom is -0.447 e. The largest absolute Gasteiger partial charge is 0.447 e. The molecular weight excluding hydrogens is 405 g/mol. The first-order valence-corrected chi connectivity index (χ1v) is 9.58. The van der Waals surface area contributed by atoms with Crippen LogP contribution in [-0.2, 0) is 14.3 Å². The molecule has 3 rings (SSSR count). The van der Waals surface area contributed by atoms with E-state index in [1.165, 1.54) is 24.4 Å². The van der Waals surface area contributed by atoms with Gasteiger partial charge in [-0.2, -0.15) is 0 Å². The van der Waals surface area contributed by atoms with Crippen LogP contribution < -0.4 is 10.6 Å². The topological polar surface area (TPSA) is 107 Å². The minimum atomic E-state index is -0.597. The maximum Gasteiger partial charge on any atom is 0.411 e. The van der Waals surface area contributed by atoms with Crippen LogP contribution >= 0.6 is 0 Å². The number of rotatable bonds is 6. The Balaban J connectivity index is 0.000000614. The molecule has 31 heavy (non-hydrogen) atoms. The number of amides is 2. The van der Waals surface area contributed by atoms with Crippen LogP contribution in [0.1, 0.15) is 27.7 Å². The molecule has 3 aromatic rings. The molecule has 9 nitrogen and oxygen atoms in total.